The summed E-state index contributed by atoms with van der Waals surface area (Å²) in [6, 6.07) is 20.0. The number of carbonyl (C=O) groups is 2. The minimum Gasteiger partial charge on any atom is -0.462 e. The van der Waals surface area contributed by atoms with Crippen molar-refractivity contribution in [2.24, 2.45) is 23.2 Å². The van der Waals surface area contributed by atoms with E-state index in [9.17, 15) is 9.59 Å². The number of nitrogens with zero attached hydrogens (tertiary/aromatic N) is 1. The molecule has 4 saturated carbocycles. The summed E-state index contributed by atoms with van der Waals surface area (Å²) in [6.45, 7) is 4.06. The lowest BCUT2D eigenvalue weighted by molar-refractivity contribution is -0.161. The summed E-state index contributed by atoms with van der Waals surface area (Å²) in [4.78, 5) is 27.2. The molecule has 4 aliphatic carbocycles. The van der Waals surface area contributed by atoms with Crippen molar-refractivity contribution in [2.45, 2.75) is 52.4 Å². The minimum atomic E-state index is -0.363. The molecule has 4 aromatic rings. The van der Waals surface area contributed by atoms with E-state index in [1.807, 2.05) is 74.5 Å². The molecular formula is C33H33NO4. The molecule has 38 heavy (non-hydrogen) atoms. The molecule has 3 aromatic carbocycles. The van der Waals surface area contributed by atoms with E-state index in [4.69, 9.17) is 9.47 Å². The van der Waals surface area contributed by atoms with Crippen LogP contribution in [0, 0.1) is 30.1 Å². The average molecular weight is 508 g/mol. The molecule has 4 aliphatic rings. The minimum absolute atomic E-state index is 0.0852. The Hall–Kier alpha value is -3.60. The van der Waals surface area contributed by atoms with Crippen LogP contribution < -0.4 is 4.74 Å². The summed E-state index contributed by atoms with van der Waals surface area (Å²) in [5.41, 5.74) is 2.85. The molecule has 5 heteroatoms. The molecule has 0 N–H and O–H groups in total. The first-order valence-corrected chi connectivity index (χ1v) is 14.0. The molecule has 0 aliphatic heterocycles. The normalized spacial score (nSPS) is 25.7. The predicted molar refractivity (Wildman–Crippen MR) is 148 cm³/mol. The van der Waals surface area contributed by atoms with E-state index in [1.165, 1.54) is 19.3 Å². The Morgan fingerprint density at radius 3 is 2.11 bits per heavy atom. The summed E-state index contributed by atoms with van der Waals surface area (Å²) >= 11 is 0. The molecule has 0 saturated heterocycles. The van der Waals surface area contributed by atoms with E-state index in [0.29, 0.717) is 29.1 Å². The van der Waals surface area contributed by atoms with Gasteiger partial charge in [0.1, 0.15) is 5.75 Å². The van der Waals surface area contributed by atoms with Gasteiger partial charge in [-0.2, -0.15) is 0 Å². The molecule has 1 aromatic heterocycles. The molecule has 5 nitrogen and oxygen atoms in total. The van der Waals surface area contributed by atoms with Crippen molar-refractivity contribution in [2.75, 3.05) is 6.61 Å². The van der Waals surface area contributed by atoms with Crippen molar-refractivity contribution in [3.63, 3.8) is 0 Å². The lowest BCUT2D eigenvalue weighted by atomic mass is 9.49. The molecule has 0 unspecified atom stereocenters. The van der Waals surface area contributed by atoms with Crippen LogP contribution in [0.4, 0.5) is 0 Å². The fourth-order valence-electron chi connectivity index (χ4n) is 8.25. The Kier molecular flexibility index (Phi) is 5.40. The molecule has 8 rings (SSSR count). The van der Waals surface area contributed by atoms with Gasteiger partial charge < -0.3 is 14.0 Å². The zero-order valence-corrected chi connectivity index (χ0v) is 22.0. The lowest BCUT2D eigenvalue weighted by Gasteiger charge is -2.55. The number of fused-ring (bicyclic) bond motifs is 3. The van der Waals surface area contributed by atoms with Crippen molar-refractivity contribution in [1.29, 1.82) is 0 Å². The highest BCUT2D eigenvalue weighted by molar-refractivity contribution is 6.17. The SMILES string of the molecule is CCOC(=O)c1c(C)n(-c2ccccc2)c2c1cc(OC(=O)C13CC4CC(CC(C4)C1)C3)c1ccccc12. The first-order chi connectivity index (χ1) is 18.5. The van der Waals surface area contributed by atoms with Crippen molar-refractivity contribution >= 4 is 33.6 Å². The van der Waals surface area contributed by atoms with Crippen LogP contribution in [0.25, 0.3) is 27.4 Å². The number of ether oxygens (including phenoxy) is 2. The first-order valence-electron chi connectivity index (χ1n) is 14.0. The van der Waals surface area contributed by atoms with Gasteiger partial charge in [-0.25, -0.2) is 4.79 Å². The Morgan fingerprint density at radius 2 is 1.47 bits per heavy atom. The summed E-state index contributed by atoms with van der Waals surface area (Å²) in [7, 11) is 0. The second-order valence-corrected chi connectivity index (χ2v) is 11.8. The number of esters is 2. The zero-order chi connectivity index (χ0) is 26.0. The summed E-state index contributed by atoms with van der Waals surface area (Å²) < 4.78 is 14.0. The van der Waals surface area contributed by atoms with E-state index in [0.717, 1.165) is 52.3 Å². The fourth-order valence-corrected chi connectivity index (χ4v) is 8.25. The van der Waals surface area contributed by atoms with Crippen LogP contribution in [0.3, 0.4) is 0 Å². The monoisotopic (exact) mass is 507 g/mol. The molecular weight excluding hydrogens is 474 g/mol. The quantitative estimate of drug-likeness (QED) is 0.209. The summed E-state index contributed by atoms with van der Waals surface area (Å²) in [5, 5.41) is 2.57. The molecule has 0 amide bonds. The van der Waals surface area contributed by atoms with Gasteiger partial charge >= 0.3 is 11.9 Å². The van der Waals surface area contributed by atoms with Crippen molar-refractivity contribution < 1.29 is 19.1 Å². The second kappa shape index (κ2) is 8.72. The number of para-hydroxylation sites is 1. The number of hydrogen-bond acceptors (Lipinski definition) is 4. The number of carbonyl (C=O) groups excluding carboxylic acids is 2. The Morgan fingerprint density at radius 1 is 0.868 bits per heavy atom. The third kappa shape index (κ3) is 3.51. The zero-order valence-electron chi connectivity index (χ0n) is 22.0. The number of benzene rings is 3. The van der Waals surface area contributed by atoms with Gasteiger partial charge in [0, 0.05) is 27.5 Å². The van der Waals surface area contributed by atoms with E-state index in [2.05, 4.69) is 4.57 Å². The maximum atomic E-state index is 13.9. The molecule has 1 heterocycles. The van der Waals surface area contributed by atoms with Gasteiger partial charge in [-0.1, -0.05) is 42.5 Å². The molecule has 194 valence electrons. The highest BCUT2D eigenvalue weighted by Crippen LogP contribution is 2.60. The second-order valence-electron chi connectivity index (χ2n) is 11.8. The number of aromatic nitrogens is 1. The molecule has 0 spiro atoms. The van der Waals surface area contributed by atoms with Crippen LogP contribution in [0.1, 0.15) is 61.5 Å². The van der Waals surface area contributed by atoms with Crippen LogP contribution in [0.15, 0.2) is 60.7 Å². The van der Waals surface area contributed by atoms with Gasteiger partial charge in [-0.05, 0) is 88.3 Å². The fraction of sp³-hybridized carbons (Fsp3) is 0.394. The third-order valence-electron chi connectivity index (χ3n) is 9.34. The van der Waals surface area contributed by atoms with E-state index in [1.54, 1.807) is 0 Å². The smallest absolute Gasteiger partial charge is 0.340 e. The summed E-state index contributed by atoms with van der Waals surface area (Å²) in [5.74, 6) is 2.06. The van der Waals surface area contributed by atoms with Crippen molar-refractivity contribution in [3.05, 3.63) is 71.9 Å². The first kappa shape index (κ1) is 23.5. The van der Waals surface area contributed by atoms with Gasteiger partial charge in [0.15, 0.2) is 0 Å². The van der Waals surface area contributed by atoms with E-state index >= 15 is 0 Å². The molecule has 4 bridgehead atoms. The van der Waals surface area contributed by atoms with Crippen LogP contribution in [-0.2, 0) is 9.53 Å². The van der Waals surface area contributed by atoms with Crippen LogP contribution >= 0.6 is 0 Å². The largest absolute Gasteiger partial charge is 0.462 e. The van der Waals surface area contributed by atoms with Gasteiger partial charge in [-0.3, -0.25) is 4.79 Å². The number of hydrogen-bond donors (Lipinski definition) is 0. The maximum Gasteiger partial charge on any atom is 0.340 e. The lowest BCUT2D eigenvalue weighted by Crippen LogP contribution is -2.51. The van der Waals surface area contributed by atoms with Gasteiger partial charge in [0.25, 0.3) is 0 Å². The average Bonchev–Trinajstić information content (AvgIpc) is 3.20. The van der Waals surface area contributed by atoms with E-state index in [-0.39, 0.29) is 24.0 Å². The summed E-state index contributed by atoms with van der Waals surface area (Å²) in [6.07, 6.45) is 6.69. The maximum absolute atomic E-state index is 13.9. The van der Waals surface area contributed by atoms with E-state index < -0.39 is 0 Å². The topological polar surface area (TPSA) is 57.5 Å². The van der Waals surface area contributed by atoms with Crippen LogP contribution in [0.5, 0.6) is 5.75 Å². The van der Waals surface area contributed by atoms with Gasteiger partial charge in [0.2, 0.25) is 0 Å². The Bertz CT molecular complexity index is 1550. The van der Waals surface area contributed by atoms with Crippen LogP contribution in [-0.4, -0.2) is 23.1 Å². The molecule has 0 atom stereocenters. The molecule has 4 fully saturated rings. The number of rotatable bonds is 5. The Labute approximate surface area is 222 Å². The van der Waals surface area contributed by atoms with Crippen LogP contribution in [0.2, 0.25) is 0 Å². The molecule has 0 radical (unpaired) electrons. The van der Waals surface area contributed by atoms with Crippen molar-refractivity contribution in [3.8, 4) is 11.4 Å². The predicted octanol–water partition coefficient (Wildman–Crippen LogP) is 7.39. The highest BCUT2D eigenvalue weighted by Gasteiger charge is 2.55. The van der Waals surface area contributed by atoms with Gasteiger partial charge in [0.05, 0.1) is 23.1 Å². The highest BCUT2D eigenvalue weighted by atomic mass is 16.5. The van der Waals surface area contributed by atoms with Gasteiger partial charge in [-0.15, -0.1) is 0 Å². The Balaban J connectivity index is 1.41. The van der Waals surface area contributed by atoms with Crippen molar-refractivity contribution in [1.82, 2.24) is 4.57 Å². The third-order valence-corrected chi connectivity index (χ3v) is 9.34. The standard InChI is InChI=1S/C33H33NO4/c1-3-37-31(35)29-20(2)34(24-9-5-4-6-10-24)30-26-12-8-7-11-25(26)28(16-27(29)30)38-32(36)33-17-21-13-22(18-33)15-23(14-21)19-33/h4-12,16,21-23H,3,13-15,17-19H2,1-2H3.